The van der Waals surface area contributed by atoms with Crippen LogP contribution in [-0.2, 0) is 20.9 Å². The van der Waals surface area contributed by atoms with E-state index in [1.54, 1.807) is 43.9 Å². The summed E-state index contributed by atoms with van der Waals surface area (Å²) in [5.74, 6) is 0.395. The number of amides is 2. The van der Waals surface area contributed by atoms with E-state index >= 15 is 0 Å². The quantitative estimate of drug-likeness (QED) is 0.301. The summed E-state index contributed by atoms with van der Waals surface area (Å²) in [6, 6.07) is 3.06. The Morgan fingerprint density at radius 2 is 1.78 bits per heavy atom. The summed E-state index contributed by atoms with van der Waals surface area (Å²) in [6.45, 7) is 15.8. The van der Waals surface area contributed by atoms with Crippen LogP contribution in [-0.4, -0.2) is 58.0 Å². The van der Waals surface area contributed by atoms with Gasteiger partial charge in [-0.05, 0) is 66.4 Å². The molecule has 1 aromatic rings. The first-order valence-electron chi connectivity index (χ1n) is 12.3. The van der Waals surface area contributed by atoms with Gasteiger partial charge in [-0.15, -0.1) is 4.72 Å². The predicted octanol–water partition coefficient (Wildman–Crippen LogP) is 5.41. The lowest BCUT2D eigenvalue weighted by atomic mass is 9.85. The van der Waals surface area contributed by atoms with E-state index in [2.05, 4.69) is 16.6 Å². The summed E-state index contributed by atoms with van der Waals surface area (Å²) in [5, 5.41) is 3.25. The molecule has 8 nitrogen and oxygen atoms in total. The molecule has 1 heterocycles. The van der Waals surface area contributed by atoms with Crippen molar-refractivity contribution in [3.05, 3.63) is 40.4 Å². The summed E-state index contributed by atoms with van der Waals surface area (Å²) in [4.78, 5) is 26.3. The molecule has 1 fully saturated rings. The number of carbonyl (C=O) groups is 2. The van der Waals surface area contributed by atoms with Crippen LogP contribution in [0.15, 0.2) is 24.8 Å². The average molecular weight is 577 g/mol. The predicted molar refractivity (Wildman–Crippen MR) is 149 cm³/mol. The van der Waals surface area contributed by atoms with E-state index in [9.17, 15) is 14.1 Å². The Labute approximate surface area is 233 Å². The van der Waals surface area contributed by atoms with Gasteiger partial charge in [0.25, 0.3) is 0 Å². The number of halogens is 2. The molecular weight excluding hydrogens is 537 g/mol. The molecule has 1 aliphatic rings. The summed E-state index contributed by atoms with van der Waals surface area (Å²) in [6.07, 6.45) is 2.31. The highest BCUT2D eigenvalue weighted by Gasteiger charge is 2.37. The first kappa shape index (κ1) is 31.6. The molecule has 0 spiro atoms. The highest BCUT2D eigenvalue weighted by atomic mass is 35.5. The van der Waals surface area contributed by atoms with Crippen molar-refractivity contribution in [2.24, 2.45) is 5.92 Å². The molecule has 0 unspecified atom stereocenters. The van der Waals surface area contributed by atoms with Gasteiger partial charge in [0.1, 0.15) is 29.2 Å². The zero-order chi connectivity index (χ0) is 28.0. The van der Waals surface area contributed by atoms with Gasteiger partial charge in [-0.3, -0.25) is 4.79 Å². The average Bonchev–Trinajstić information content (AvgIpc) is 2.80. The van der Waals surface area contributed by atoms with Crippen LogP contribution in [0.3, 0.4) is 0 Å². The highest BCUT2D eigenvalue weighted by Crippen LogP contribution is 2.40. The normalized spacial score (nSPS) is 16.6. The Bertz CT molecular complexity index is 957. The maximum atomic E-state index is 13.2. The van der Waals surface area contributed by atoms with Gasteiger partial charge in [-0.2, -0.15) is 0 Å². The van der Waals surface area contributed by atoms with E-state index in [0.29, 0.717) is 41.7 Å². The summed E-state index contributed by atoms with van der Waals surface area (Å²) in [7, 11) is 0. The van der Waals surface area contributed by atoms with E-state index < -0.39 is 27.8 Å². The molecule has 208 valence electrons. The van der Waals surface area contributed by atoms with Crippen molar-refractivity contribution in [3.63, 3.8) is 0 Å². The summed E-state index contributed by atoms with van der Waals surface area (Å²) >= 11 is 11.3. The van der Waals surface area contributed by atoms with Gasteiger partial charge in [-0.25, -0.2) is 4.79 Å². The number of alkyl carbamates (subject to hydrolysis) is 1. The Morgan fingerprint density at radius 1 is 1.19 bits per heavy atom. The molecule has 2 atom stereocenters. The van der Waals surface area contributed by atoms with Crippen molar-refractivity contribution in [2.45, 2.75) is 70.8 Å². The van der Waals surface area contributed by atoms with Crippen LogP contribution >= 0.6 is 23.2 Å². The lowest BCUT2D eigenvalue weighted by Gasteiger charge is -2.38. The fraction of sp³-hybridized carbons (Fsp3) is 0.615. The number of nitrogens with one attached hydrogen (secondary N) is 2. The fourth-order valence-corrected chi connectivity index (χ4v) is 5.05. The lowest BCUT2D eigenvalue weighted by Crippen LogP contribution is -2.48. The second kappa shape index (κ2) is 13.4. The monoisotopic (exact) mass is 575 g/mol. The zero-order valence-electron chi connectivity index (χ0n) is 22.5. The molecule has 0 aliphatic carbocycles. The van der Waals surface area contributed by atoms with Gasteiger partial charge in [-0.1, -0.05) is 35.9 Å². The minimum Gasteiger partial charge on any atom is -0.598 e. The fourth-order valence-electron chi connectivity index (χ4n) is 3.82. The molecule has 1 aromatic carbocycles. The van der Waals surface area contributed by atoms with Crippen molar-refractivity contribution in [1.29, 1.82) is 0 Å². The molecule has 2 amide bonds. The molecule has 1 aliphatic heterocycles. The zero-order valence-corrected chi connectivity index (χ0v) is 24.8. The number of nitrogens with zero attached hydrogens (tertiary/aromatic N) is 1. The molecule has 11 heteroatoms. The van der Waals surface area contributed by atoms with Gasteiger partial charge in [0.15, 0.2) is 0 Å². The molecule has 0 saturated carbocycles. The van der Waals surface area contributed by atoms with Gasteiger partial charge < -0.3 is 24.2 Å². The number of piperidine rings is 1. The van der Waals surface area contributed by atoms with Gasteiger partial charge in [0.05, 0.1) is 16.1 Å². The molecule has 1 saturated heterocycles. The second-order valence-electron chi connectivity index (χ2n) is 11.0. The maximum absolute atomic E-state index is 13.2. The van der Waals surface area contributed by atoms with Crippen molar-refractivity contribution in [2.75, 3.05) is 26.2 Å². The third kappa shape index (κ3) is 9.87. The largest absolute Gasteiger partial charge is 0.598 e. The number of rotatable bonds is 9. The maximum Gasteiger partial charge on any atom is 0.408 e. The number of likely N-dealkylation sites (tertiary alicyclic amines) is 1. The lowest BCUT2D eigenvalue weighted by molar-refractivity contribution is -0.131. The minimum atomic E-state index is -1.37. The SMILES string of the molecule is C=CCOc1cc(Cl)c(Cl)cc1[C@H](N[S@@+]([O-])C(C)(C)C)C1CCN(C(=O)CNC(=O)OC(C)(C)C)CC1. The van der Waals surface area contributed by atoms with E-state index in [1.807, 2.05) is 20.8 Å². The van der Waals surface area contributed by atoms with E-state index in [-0.39, 0.29) is 31.0 Å². The van der Waals surface area contributed by atoms with E-state index in [0.717, 1.165) is 5.56 Å². The number of ether oxygens (including phenoxy) is 2. The topological polar surface area (TPSA) is 103 Å². The van der Waals surface area contributed by atoms with Crippen LogP contribution < -0.4 is 14.8 Å². The van der Waals surface area contributed by atoms with Crippen molar-refractivity contribution in [3.8, 4) is 5.75 Å². The molecule has 2 rings (SSSR count). The van der Waals surface area contributed by atoms with Crippen LogP contribution in [0.1, 0.15) is 66.0 Å². The third-order valence-electron chi connectivity index (χ3n) is 5.68. The minimum absolute atomic E-state index is 0.0393. The summed E-state index contributed by atoms with van der Waals surface area (Å²) < 4.78 is 27.0. The van der Waals surface area contributed by atoms with Crippen molar-refractivity contribution < 1.29 is 23.6 Å². The Kier molecular flexibility index (Phi) is 11.5. The van der Waals surface area contributed by atoms with Gasteiger partial charge >= 0.3 is 6.09 Å². The first-order valence-corrected chi connectivity index (χ1v) is 14.2. The van der Waals surface area contributed by atoms with Crippen LogP contribution in [0.4, 0.5) is 4.79 Å². The van der Waals surface area contributed by atoms with Crippen LogP contribution in [0, 0.1) is 5.92 Å². The molecule has 0 radical (unpaired) electrons. The smallest absolute Gasteiger partial charge is 0.408 e. The van der Waals surface area contributed by atoms with E-state index in [1.165, 1.54) is 0 Å². The molecule has 37 heavy (non-hydrogen) atoms. The van der Waals surface area contributed by atoms with Crippen LogP contribution in [0.25, 0.3) is 0 Å². The number of hydrogen-bond donors (Lipinski definition) is 2. The second-order valence-corrected chi connectivity index (χ2v) is 13.8. The summed E-state index contributed by atoms with van der Waals surface area (Å²) in [5.41, 5.74) is 0.115. The van der Waals surface area contributed by atoms with Crippen LogP contribution in [0.5, 0.6) is 5.75 Å². The van der Waals surface area contributed by atoms with E-state index in [4.69, 9.17) is 32.7 Å². The van der Waals surface area contributed by atoms with Gasteiger partial charge in [0.2, 0.25) is 5.91 Å². The standard InChI is InChI=1S/C26H39Cl2N3O5S/c1-8-13-35-21-15-20(28)19(27)14-18(21)23(30-37(34)26(5,6)7)17-9-11-31(12-10-17)22(32)16-29-24(33)36-25(2,3)4/h8,14-15,17,23,30H,1,9-13,16H2,2-7H3,(H,29,33)/t23-,37+/m1/s1. The molecule has 2 N–H and O–H groups in total. The van der Waals surface area contributed by atoms with Crippen molar-refractivity contribution >= 4 is 46.6 Å². The highest BCUT2D eigenvalue weighted by molar-refractivity contribution is 7.90. The Morgan fingerprint density at radius 3 is 2.32 bits per heavy atom. The third-order valence-corrected chi connectivity index (χ3v) is 7.98. The number of hydrogen-bond acceptors (Lipinski definition) is 6. The molecule has 0 bridgehead atoms. The molecular formula is C26H39Cl2N3O5S. The first-order chi connectivity index (χ1) is 17.1. The Hall–Kier alpha value is -1.65. The number of carbonyl (C=O) groups excluding carboxylic acids is 2. The van der Waals surface area contributed by atoms with Gasteiger partial charge in [0, 0.05) is 36.1 Å². The number of benzene rings is 1. The Balaban J connectivity index is 2.19. The van der Waals surface area contributed by atoms with Crippen LogP contribution in [0.2, 0.25) is 10.0 Å². The van der Waals surface area contributed by atoms with Crippen molar-refractivity contribution in [1.82, 2.24) is 14.9 Å². The molecule has 0 aromatic heterocycles.